The number of pyridine rings is 1. The van der Waals surface area contributed by atoms with E-state index >= 15 is 0 Å². The van der Waals surface area contributed by atoms with Gasteiger partial charge in [0.1, 0.15) is 5.82 Å². The molecule has 5 heteroatoms. The molecule has 2 N–H and O–H groups in total. The molecule has 0 unspecified atom stereocenters. The van der Waals surface area contributed by atoms with Gasteiger partial charge in [0.2, 0.25) is 0 Å². The highest BCUT2D eigenvalue weighted by atomic mass is 16.4. The SMILES string of the molecule is O=C(O)c1ccc(-c2ncc3cccc(O)n23)cc1. The second-order valence-electron chi connectivity index (χ2n) is 4.11. The molecular weight excluding hydrogens is 244 g/mol. The van der Waals surface area contributed by atoms with E-state index in [0.717, 1.165) is 11.1 Å². The van der Waals surface area contributed by atoms with Crippen molar-refractivity contribution in [2.45, 2.75) is 0 Å². The molecule has 0 atom stereocenters. The molecule has 0 bridgehead atoms. The molecule has 19 heavy (non-hydrogen) atoms. The van der Waals surface area contributed by atoms with Gasteiger partial charge in [-0.25, -0.2) is 9.78 Å². The lowest BCUT2D eigenvalue weighted by molar-refractivity contribution is 0.0697. The van der Waals surface area contributed by atoms with Crippen LogP contribution in [0.1, 0.15) is 10.4 Å². The van der Waals surface area contributed by atoms with E-state index in [1.807, 2.05) is 6.07 Å². The molecule has 2 heterocycles. The van der Waals surface area contributed by atoms with Gasteiger partial charge in [0.05, 0.1) is 17.3 Å². The van der Waals surface area contributed by atoms with Crippen LogP contribution < -0.4 is 0 Å². The maximum Gasteiger partial charge on any atom is 0.335 e. The number of carboxylic acid groups (broad SMARTS) is 1. The lowest BCUT2D eigenvalue weighted by Gasteiger charge is -2.04. The highest BCUT2D eigenvalue weighted by Gasteiger charge is 2.10. The lowest BCUT2D eigenvalue weighted by Crippen LogP contribution is -1.96. The Hall–Kier alpha value is -2.82. The summed E-state index contributed by atoms with van der Waals surface area (Å²) in [4.78, 5) is 15.1. The summed E-state index contributed by atoms with van der Waals surface area (Å²) in [5.74, 6) is -0.306. The van der Waals surface area contributed by atoms with Crippen LogP contribution in [0.3, 0.4) is 0 Å². The Bertz CT molecular complexity index is 760. The smallest absolute Gasteiger partial charge is 0.335 e. The number of benzene rings is 1. The molecular formula is C14H10N2O3. The van der Waals surface area contributed by atoms with Gasteiger partial charge < -0.3 is 10.2 Å². The number of fused-ring (bicyclic) bond motifs is 1. The lowest BCUT2D eigenvalue weighted by atomic mass is 10.1. The van der Waals surface area contributed by atoms with Crippen molar-refractivity contribution in [2.24, 2.45) is 0 Å². The number of rotatable bonds is 2. The quantitative estimate of drug-likeness (QED) is 0.736. The van der Waals surface area contributed by atoms with E-state index in [0.29, 0.717) is 5.82 Å². The first-order chi connectivity index (χ1) is 9.16. The van der Waals surface area contributed by atoms with Crippen LogP contribution in [0.4, 0.5) is 0 Å². The molecule has 0 aliphatic carbocycles. The fourth-order valence-electron chi connectivity index (χ4n) is 2.00. The van der Waals surface area contributed by atoms with Gasteiger partial charge in [-0.3, -0.25) is 4.40 Å². The van der Waals surface area contributed by atoms with Crippen molar-refractivity contribution >= 4 is 11.5 Å². The number of imidazole rings is 1. The van der Waals surface area contributed by atoms with E-state index in [9.17, 15) is 9.90 Å². The van der Waals surface area contributed by atoms with Crippen LogP contribution in [-0.4, -0.2) is 25.6 Å². The number of carboxylic acids is 1. The van der Waals surface area contributed by atoms with Crippen LogP contribution >= 0.6 is 0 Å². The zero-order valence-corrected chi connectivity index (χ0v) is 9.82. The zero-order chi connectivity index (χ0) is 13.4. The van der Waals surface area contributed by atoms with Crippen molar-refractivity contribution in [3.05, 3.63) is 54.2 Å². The van der Waals surface area contributed by atoms with Gasteiger partial charge in [-0.2, -0.15) is 0 Å². The fraction of sp³-hybridized carbons (Fsp3) is 0. The Balaban J connectivity index is 2.16. The van der Waals surface area contributed by atoms with Gasteiger partial charge in [0.15, 0.2) is 5.88 Å². The van der Waals surface area contributed by atoms with E-state index in [1.165, 1.54) is 12.1 Å². The van der Waals surface area contributed by atoms with Crippen molar-refractivity contribution in [1.29, 1.82) is 0 Å². The maximum atomic E-state index is 10.8. The molecule has 0 aliphatic heterocycles. The number of aromatic hydroxyl groups is 1. The van der Waals surface area contributed by atoms with Gasteiger partial charge in [0.25, 0.3) is 0 Å². The van der Waals surface area contributed by atoms with E-state index < -0.39 is 5.97 Å². The van der Waals surface area contributed by atoms with Crippen LogP contribution in [0.25, 0.3) is 16.9 Å². The molecule has 0 spiro atoms. The summed E-state index contributed by atoms with van der Waals surface area (Å²) in [6, 6.07) is 11.5. The Morgan fingerprint density at radius 3 is 2.53 bits per heavy atom. The van der Waals surface area contributed by atoms with Crippen molar-refractivity contribution in [3.8, 4) is 17.3 Å². The summed E-state index contributed by atoms with van der Waals surface area (Å²) >= 11 is 0. The molecule has 2 aromatic heterocycles. The minimum absolute atomic E-state index is 0.0901. The highest BCUT2D eigenvalue weighted by molar-refractivity contribution is 5.88. The Morgan fingerprint density at radius 1 is 1.11 bits per heavy atom. The summed E-state index contributed by atoms with van der Waals surface area (Å²) in [5.41, 5.74) is 1.73. The van der Waals surface area contributed by atoms with Gasteiger partial charge in [-0.05, 0) is 24.3 Å². The van der Waals surface area contributed by atoms with Gasteiger partial charge in [-0.15, -0.1) is 0 Å². The van der Waals surface area contributed by atoms with Crippen LogP contribution in [0, 0.1) is 0 Å². The summed E-state index contributed by atoms with van der Waals surface area (Å²) in [5, 5.41) is 18.7. The van der Waals surface area contributed by atoms with Crippen molar-refractivity contribution in [2.75, 3.05) is 0 Å². The van der Waals surface area contributed by atoms with Gasteiger partial charge in [0, 0.05) is 5.56 Å². The van der Waals surface area contributed by atoms with Crippen LogP contribution in [0.15, 0.2) is 48.7 Å². The minimum atomic E-state index is -0.970. The fourth-order valence-corrected chi connectivity index (χ4v) is 2.00. The first-order valence-corrected chi connectivity index (χ1v) is 5.66. The Kier molecular flexibility index (Phi) is 2.45. The standard InChI is InChI=1S/C14H10N2O3/c17-12-3-1-2-11-8-15-13(16(11)12)9-4-6-10(7-5-9)14(18)19/h1-8,17H,(H,18,19). The molecule has 0 radical (unpaired) electrons. The van der Waals surface area contributed by atoms with E-state index in [-0.39, 0.29) is 11.4 Å². The maximum absolute atomic E-state index is 10.8. The van der Waals surface area contributed by atoms with E-state index in [1.54, 1.807) is 34.9 Å². The highest BCUT2D eigenvalue weighted by Crippen LogP contribution is 2.24. The van der Waals surface area contributed by atoms with Gasteiger partial charge >= 0.3 is 5.97 Å². The monoisotopic (exact) mass is 254 g/mol. The van der Waals surface area contributed by atoms with Crippen molar-refractivity contribution in [3.63, 3.8) is 0 Å². The normalized spacial score (nSPS) is 10.7. The molecule has 5 nitrogen and oxygen atoms in total. The molecule has 0 saturated carbocycles. The summed E-state index contributed by atoms with van der Waals surface area (Å²) < 4.78 is 1.61. The third kappa shape index (κ3) is 1.81. The molecule has 0 fully saturated rings. The second-order valence-corrected chi connectivity index (χ2v) is 4.11. The number of aromatic carboxylic acids is 1. The summed E-state index contributed by atoms with van der Waals surface area (Å²) in [6.45, 7) is 0. The average Bonchev–Trinajstić information content (AvgIpc) is 2.84. The molecule has 0 amide bonds. The first kappa shape index (κ1) is 11.3. The van der Waals surface area contributed by atoms with E-state index in [2.05, 4.69) is 4.98 Å². The summed E-state index contributed by atoms with van der Waals surface area (Å²) in [6.07, 6.45) is 1.65. The predicted molar refractivity (Wildman–Crippen MR) is 69.3 cm³/mol. The third-order valence-electron chi connectivity index (χ3n) is 2.92. The van der Waals surface area contributed by atoms with Crippen molar-refractivity contribution in [1.82, 2.24) is 9.38 Å². The summed E-state index contributed by atoms with van der Waals surface area (Å²) in [7, 11) is 0. The topological polar surface area (TPSA) is 74.8 Å². The van der Waals surface area contributed by atoms with Crippen molar-refractivity contribution < 1.29 is 15.0 Å². The Labute approximate surface area is 108 Å². The number of hydrogen-bond acceptors (Lipinski definition) is 3. The number of aromatic nitrogens is 2. The van der Waals surface area contributed by atoms with Gasteiger partial charge in [-0.1, -0.05) is 18.2 Å². The molecule has 0 saturated heterocycles. The molecule has 94 valence electrons. The van der Waals surface area contributed by atoms with Crippen LogP contribution in [-0.2, 0) is 0 Å². The number of carbonyl (C=O) groups is 1. The zero-order valence-electron chi connectivity index (χ0n) is 9.82. The Morgan fingerprint density at radius 2 is 1.84 bits per heavy atom. The molecule has 0 aliphatic rings. The van der Waals surface area contributed by atoms with Crippen LogP contribution in [0.2, 0.25) is 0 Å². The van der Waals surface area contributed by atoms with Crippen LogP contribution in [0.5, 0.6) is 5.88 Å². The first-order valence-electron chi connectivity index (χ1n) is 5.66. The number of hydrogen-bond donors (Lipinski definition) is 2. The predicted octanol–water partition coefficient (Wildman–Crippen LogP) is 2.41. The minimum Gasteiger partial charge on any atom is -0.494 e. The number of nitrogens with zero attached hydrogens (tertiary/aromatic N) is 2. The average molecular weight is 254 g/mol. The molecule has 1 aromatic carbocycles. The molecule has 3 aromatic rings. The third-order valence-corrected chi connectivity index (χ3v) is 2.92. The van der Waals surface area contributed by atoms with E-state index in [4.69, 9.17) is 5.11 Å². The molecule has 3 rings (SSSR count). The largest absolute Gasteiger partial charge is 0.494 e. The second kappa shape index (κ2) is 4.13.